The second-order valence-corrected chi connectivity index (χ2v) is 4.26. The van der Waals surface area contributed by atoms with E-state index in [1.54, 1.807) is 18.2 Å². The van der Waals surface area contributed by atoms with Crippen LogP contribution < -0.4 is 11.1 Å². The van der Waals surface area contributed by atoms with Gasteiger partial charge in [-0.15, -0.1) is 0 Å². The van der Waals surface area contributed by atoms with Crippen LogP contribution in [0.25, 0.3) is 0 Å². The number of carbonyl (C=O) groups excluding carboxylic acids is 1. The van der Waals surface area contributed by atoms with Crippen molar-refractivity contribution in [2.45, 2.75) is 12.8 Å². The lowest BCUT2D eigenvalue weighted by molar-refractivity contribution is 0.0953. The average molecular weight is 225 g/mol. The molecule has 0 unspecified atom stereocenters. The second-order valence-electron chi connectivity index (χ2n) is 3.86. The van der Waals surface area contributed by atoms with Crippen molar-refractivity contribution in [2.24, 2.45) is 5.92 Å². The van der Waals surface area contributed by atoms with Crippen LogP contribution in [0.5, 0.6) is 0 Å². The highest BCUT2D eigenvalue weighted by molar-refractivity contribution is 6.34. The Morgan fingerprint density at radius 3 is 2.87 bits per heavy atom. The van der Waals surface area contributed by atoms with E-state index in [2.05, 4.69) is 5.32 Å². The van der Waals surface area contributed by atoms with E-state index in [4.69, 9.17) is 17.3 Å². The summed E-state index contributed by atoms with van der Waals surface area (Å²) in [7, 11) is 0. The van der Waals surface area contributed by atoms with E-state index >= 15 is 0 Å². The number of amides is 1. The average Bonchev–Trinajstić information content (AvgIpc) is 2.97. The lowest BCUT2D eigenvalue weighted by Crippen LogP contribution is -2.26. The molecule has 0 aliphatic heterocycles. The minimum atomic E-state index is -0.176. The molecule has 1 aromatic carbocycles. The van der Waals surface area contributed by atoms with Crippen molar-refractivity contribution in [3.63, 3.8) is 0 Å². The van der Waals surface area contributed by atoms with Gasteiger partial charge in [0.05, 0.1) is 10.6 Å². The molecule has 0 atom stereocenters. The third-order valence-electron chi connectivity index (χ3n) is 2.52. The molecule has 1 aliphatic carbocycles. The van der Waals surface area contributed by atoms with Crippen molar-refractivity contribution in [1.82, 2.24) is 5.32 Å². The number of rotatable bonds is 3. The maximum atomic E-state index is 11.7. The van der Waals surface area contributed by atoms with Gasteiger partial charge in [0.1, 0.15) is 0 Å². The predicted molar refractivity (Wildman–Crippen MR) is 60.9 cm³/mol. The highest BCUT2D eigenvalue weighted by Crippen LogP contribution is 2.28. The van der Waals surface area contributed by atoms with Crippen molar-refractivity contribution in [3.05, 3.63) is 28.8 Å². The zero-order valence-corrected chi connectivity index (χ0v) is 9.05. The molecular formula is C11H13ClN2O. The summed E-state index contributed by atoms with van der Waals surface area (Å²) in [5.41, 5.74) is 6.51. The highest BCUT2D eigenvalue weighted by atomic mass is 35.5. The molecular weight excluding hydrogens is 212 g/mol. The van der Waals surface area contributed by atoms with Crippen molar-refractivity contribution < 1.29 is 4.79 Å². The zero-order valence-electron chi connectivity index (χ0n) is 8.29. The van der Waals surface area contributed by atoms with Crippen LogP contribution >= 0.6 is 11.6 Å². The molecule has 80 valence electrons. The molecule has 1 aromatic rings. The lowest BCUT2D eigenvalue weighted by atomic mass is 10.1. The normalized spacial score (nSPS) is 15.0. The van der Waals surface area contributed by atoms with E-state index in [-0.39, 0.29) is 5.91 Å². The maximum Gasteiger partial charge on any atom is 0.254 e. The van der Waals surface area contributed by atoms with Crippen molar-refractivity contribution in [1.29, 1.82) is 0 Å². The fourth-order valence-electron chi connectivity index (χ4n) is 1.43. The van der Waals surface area contributed by atoms with Crippen molar-refractivity contribution in [2.75, 3.05) is 12.3 Å². The number of halogens is 1. The molecule has 15 heavy (non-hydrogen) atoms. The summed E-state index contributed by atoms with van der Waals surface area (Å²) in [4.78, 5) is 11.7. The summed E-state index contributed by atoms with van der Waals surface area (Å²) in [5.74, 6) is 0.475. The van der Waals surface area contributed by atoms with Gasteiger partial charge in [0, 0.05) is 12.2 Å². The van der Waals surface area contributed by atoms with Gasteiger partial charge in [-0.2, -0.15) is 0 Å². The van der Waals surface area contributed by atoms with Gasteiger partial charge >= 0.3 is 0 Å². The third kappa shape index (κ3) is 2.42. The molecule has 1 amide bonds. The second kappa shape index (κ2) is 4.11. The Balaban J connectivity index is 2.09. The van der Waals surface area contributed by atoms with Gasteiger partial charge in [0.25, 0.3) is 5.91 Å². The molecule has 0 saturated heterocycles. The van der Waals surface area contributed by atoms with Crippen LogP contribution in [-0.2, 0) is 0 Å². The van der Waals surface area contributed by atoms with Crippen LogP contribution in [0, 0.1) is 5.92 Å². The Kier molecular flexibility index (Phi) is 2.82. The number of benzene rings is 1. The molecule has 0 radical (unpaired) electrons. The predicted octanol–water partition coefficient (Wildman–Crippen LogP) is 2.06. The first kappa shape index (κ1) is 10.3. The zero-order chi connectivity index (χ0) is 10.8. The summed E-state index contributed by atoms with van der Waals surface area (Å²) in [6, 6.07) is 5.08. The van der Waals surface area contributed by atoms with E-state index in [1.165, 1.54) is 12.8 Å². The van der Waals surface area contributed by atoms with Crippen LogP contribution in [0.4, 0.5) is 5.69 Å². The summed E-state index contributed by atoms with van der Waals surface area (Å²) in [6.45, 7) is 0.726. The molecule has 1 aliphatic rings. The van der Waals surface area contributed by atoms with E-state index in [0.717, 1.165) is 6.54 Å². The topological polar surface area (TPSA) is 55.1 Å². The number of nitrogens with one attached hydrogen (secondary N) is 1. The largest absolute Gasteiger partial charge is 0.398 e. The molecule has 2 rings (SSSR count). The minimum Gasteiger partial charge on any atom is -0.398 e. The summed E-state index contributed by atoms with van der Waals surface area (Å²) in [6.07, 6.45) is 2.41. The molecule has 4 heteroatoms. The Hall–Kier alpha value is -1.22. The SMILES string of the molecule is Nc1cccc(Cl)c1C(=O)NCC1CC1. The van der Waals surface area contributed by atoms with Gasteiger partial charge in [-0.3, -0.25) is 4.79 Å². The van der Waals surface area contributed by atoms with Gasteiger partial charge in [-0.25, -0.2) is 0 Å². The van der Waals surface area contributed by atoms with Crippen LogP contribution in [0.1, 0.15) is 23.2 Å². The standard InChI is InChI=1S/C11H13ClN2O/c12-8-2-1-3-9(13)10(8)11(15)14-6-7-4-5-7/h1-3,7H,4-6,13H2,(H,14,15). The maximum absolute atomic E-state index is 11.7. The number of hydrogen-bond donors (Lipinski definition) is 2. The Morgan fingerprint density at radius 1 is 1.53 bits per heavy atom. The van der Waals surface area contributed by atoms with E-state index in [1.807, 2.05) is 0 Å². The first-order valence-electron chi connectivity index (χ1n) is 5.00. The van der Waals surface area contributed by atoms with Crippen molar-refractivity contribution in [3.8, 4) is 0 Å². The molecule has 0 aromatic heterocycles. The van der Waals surface area contributed by atoms with Gasteiger partial charge in [0.15, 0.2) is 0 Å². The number of nitrogens with two attached hydrogens (primary N) is 1. The fourth-order valence-corrected chi connectivity index (χ4v) is 1.70. The molecule has 0 bridgehead atoms. The highest BCUT2D eigenvalue weighted by Gasteiger charge is 2.22. The molecule has 1 fully saturated rings. The summed E-state index contributed by atoms with van der Waals surface area (Å²) in [5, 5.41) is 3.24. The number of nitrogen functional groups attached to an aromatic ring is 1. The summed E-state index contributed by atoms with van der Waals surface area (Å²) >= 11 is 5.91. The fraction of sp³-hybridized carbons (Fsp3) is 0.364. The molecule has 1 saturated carbocycles. The van der Waals surface area contributed by atoms with E-state index < -0.39 is 0 Å². The van der Waals surface area contributed by atoms with Crippen LogP contribution in [0.15, 0.2) is 18.2 Å². The van der Waals surface area contributed by atoms with Crippen LogP contribution in [-0.4, -0.2) is 12.5 Å². The Bertz CT molecular complexity index is 368. The molecule has 3 N–H and O–H groups in total. The third-order valence-corrected chi connectivity index (χ3v) is 2.84. The van der Waals surface area contributed by atoms with Crippen LogP contribution in [0.3, 0.4) is 0 Å². The minimum absolute atomic E-state index is 0.176. The smallest absolute Gasteiger partial charge is 0.254 e. The van der Waals surface area contributed by atoms with Gasteiger partial charge < -0.3 is 11.1 Å². The number of hydrogen-bond acceptors (Lipinski definition) is 2. The van der Waals surface area contributed by atoms with Gasteiger partial charge in [-0.05, 0) is 30.9 Å². The molecule has 0 spiro atoms. The molecule has 3 nitrogen and oxygen atoms in total. The first-order valence-corrected chi connectivity index (χ1v) is 5.38. The molecule has 0 heterocycles. The monoisotopic (exact) mass is 224 g/mol. The first-order chi connectivity index (χ1) is 7.18. The van der Waals surface area contributed by atoms with Gasteiger partial charge in [0.2, 0.25) is 0 Å². The number of anilines is 1. The summed E-state index contributed by atoms with van der Waals surface area (Å²) < 4.78 is 0. The Morgan fingerprint density at radius 2 is 2.27 bits per heavy atom. The quantitative estimate of drug-likeness (QED) is 0.773. The van der Waals surface area contributed by atoms with E-state index in [9.17, 15) is 4.79 Å². The Labute approximate surface area is 93.6 Å². The lowest BCUT2D eigenvalue weighted by Gasteiger charge is -2.08. The number of carbonyl (C=O) groups is 1. The van der Waals surface area contributed by atoms with Crippen LogP contribution in [0.2, 0.25) is 5.02 Å². The van der Waals surface area contributed by atoms with Crippen molar-refractivity contribution >= 4 is 23.2 Å². The van der Waals surface area contributed by atoms with Gasteiger partial charge in [-0.1, -0.05) is 17.7 Å². The van der Waals surface area contributed by atoms with E-state index in [0.29, 0.717) is 22.2 Å².